The fraction of sp³-hybridized carbons (Fsp3) is 0.542. The first-order valence-electron chi connectivity index (χ1n) is 12.3. The van der Waals surface area contributed by atoms with Crippen molar-refractivity contribution in [2.24, 2.45) is 0 Å². The monoisotopic (exact) mass is 687 g/mol. The van der Waals surface area contributed by atoms with Gasteiger partial charge in [-0.05, 0) is 37.5 Å². The number of likely N-dealkylation sites (tertiary alicyclic amines) is 1. The van der Waals surface area contributed by atoms with E-state index in [1.54, 1.807) is 11.3 Å². The normalized spacial score (nSPS) is 19.8. The molecule has 2 fully saturated rings. The fourth-order valence-corrected chi connectivity index (χ4v) is 4.31. The van der Waals surface area contributed by atoms with E-state index < -0.39 is 36.4 Å². The number of aromatic nitrogens is 2. The number of halogens is 9. The lowest BCUT2D eigenvalue weighted by atomic mass is 10.0. The van der Waals surface area contributed by atoms with E-state index >= 15 is 0 Å². The number of carbonyl (C=O) groups is 3. The standard InChI is InChI=1S/C18H23N3O2S.3C2HF3O2/c1-13-20-15(12-24-13)9-21-10-17(18-16(21)3-2-8-22-18)23-11-14-4-6-19-7-5-14;3*3-2(4,5)1(6)7/h4-7,12,16-18H,2-3,8-11H2,1H3;3*(H,6,7)/t16-,17-,18+;;;/m1.../s1. The van der Waals surface area contributed by atoms with Gasteiger partial charge < -0.3 is 24.8 Å². The second-order valence-corrected chi connectivity index (χ2v) is 10.0. The number of nitrogens with zero attached hydrogens (tertiary/aromatic N) is 3. The van der Waals surface area contributed by atoms with Gasteiger partial charge in [0.2, 0.25) is 0 Å². The first kappa shape index (κ1) is 39.5. The Kier molecular flexibility index (Phi) is 15.1. The first-order valence-corrected chi connectivity index (χ1v) is 13.2. The van der Waals surface area contributed by atoms with Gasteiger partial charge in [-0.25, -0.2) is 19.4 Å². The zero-order valence-corrected chi connectivity index (χ0v) is 23.7. The molecular weight excluding hydrogens is 661 g/mol. The van der Waals surface area contributed by atoms with Gasteiger partial charge in [-0.2, -0.15) is 39.5 Å². The topological polar surface area (TPSA) is 159 Å². The summed E-state index contributed by atoms with van der Waals surface area (Å²) in [5.41, 5.74) is 2.32. The molecule has 2 aliphatic rings. The van der Waals surface area contributed by atoms with Gasteiger partial charge >= 0.3 is 36.4 Å². The average molecular weight is 688 g/mol. The molecule has 0 aromatic carbocycles. The highest BCUT2D eigenvalue weighted by atomic mass is 32.1. The lowest BCUT2D eigenvalue weighted by molar-refractivity contribution is -0.193. The summed E-state index contributed by atoms with van der Waals surface area (Å²) >= 11 is 1.72. The lowest BCUT2D eigenvalue weighted by Crippen LogP contribution is -2.41. The molecule has 4 rings (SSSR count). The highest BCUT2D eigenvalue weighted by molar-refractivity contribution is 7.09. The molecule has 254 valence electrons. The van der Waals surface area contributed by atoms with Gasteiger partial charge in [-0.15, -0.1) is 11.3 Å². The number of alkyl halides is 9. The van der Waals surface area contributed by atoms with Crippen molar-refractivity contribution in [2.75, 3.05) is 13.2 Å². The number of ether oxygens (including phenoxy) is 2. The van der Waals surface area contributed by atoms with Gasteiger partial charge in [-0.3, -0.25) is 9.88 Å². The van der Waals surface area contributed by atoms with Crippen LogP contribution in [0, 0.1) is 6.92 Å². The maximum Gasteiger partial charge on any atom is 0.490 e. The maximum atomic E-state index is 10.6. The van der Waals surface area contributed by atoms with Gasteiger partial charge in [0.25, 0.3) is 0 Å². The van der Waals surface area contributed by atoms with Crippen molar-refractivity contribution in [2.45, 2.75) is 69.7 Å². The fourth-order valence-electron chi connectivity index (χ4n) is 3.70. The Balaban J connectivity index is 0.000000396. The Hall–Kier alpha value is -3.56. The molecule has 0 spiro atoms. The van der Waals surface area contributed by atoms with E-state index in [9.17, 15) is 39.5 Å². The Morgan fingerprint density at radius 2 is 1.44 bits per heavy atom. The zero-order valence-electron chi connectivity index (χ0n) is 22.9. The molecule has 21 heteroatoms. The van der Waals surface area contributed by atoms with E-state index in [1.165, 1.54) is 6.42 Å². The summed E-state index contributed by atoms with van der Waals surface area (Å²) in [7, 11) is 0. The molecule has 2 saturated heterocycles. The summed E-state index contributed by atoms with van der Waals surface area (Å²) in [6.45, 7) is 5.33. The Labute approximate surface area is 252 Å². The molecule has 0 bridgehead atoms. The number of aryl methyl sites for hydroxylation is 1. The van der Waals surface area contributed by atoms with E-state index in [-0.39, 0.29) is 12.2 Å². The van der Waals surface area contributed by atoms with E-state index in [0.717, 1.165) is 42.4 Å². The first-order chi connectivity index (χ1) is 20.6. The molecule has 4 heterocycles. The second-order valence-electron chi connectivity index (χ2n) is 8.95. The van der Waals surface area contributed by atoms with Crippen LogP contribution in [-0.2, 0) is 37.0 Å². The van der Waals surface area contributed by atoms with Gasteiger partial charge in [-0.1, -0.05) is 0 Å². The molecule has 0 unspecified atom stereocenters. The molecule has 3 N–H and O–H groups in total. The van der Waals surface area contributed by atoms with Crippen molar-refractivity contribution in [3.05, 3.63) is 46.2 Å². The Morgan fingerprint density at radius 1 is 0.956 bits per heavy atom. The van der Waals surface area contributed by atoms with Crippen LogP contribution in [-0.4, -0.2) is 98.0 Å². The minimum absolute atomic E-state index is 0.128. The highest BCUT2D eigenvalue weighted by Crippen LogP contribution is 2.32. The number of rotatable bonds is 5. The number of thiazole rings is 1. The molecule has 2 aromatic rings. The molecule has 0 amide bonds. The number of hydrogen-bond acceptors (Lipinski definition) is 9. The summed E-state index contributed by atoms with van der Waals surface area (Å²) < 4.78 is 108. The van der Waals surface area contributed by atoms with E-state index in [2.05, 4.69) is 27.2 Å². The van der Waals surface area contributed by atoms with Crippen LogP contribution < -0.4 is 0 Å². The number of hydrogen-bond donors (Lipinski definition) is 3. The molecule has 2 aliphatic heterocycles. The van der Waals surface area contributed by atoms with E-state index in [0.29, 0.717) is 12.6 Å². The van der Waals surface area contributed by atoms with E-state index in [1.807, 2.05) is 24.5 Å². The Bertz CT molecular complexity index is 1170. The van der Waals surface area contributed by atoms with Crippen molar-refractivity contribution in [3.8, 4) is 0 Å². The Morgan fingerprint density at radius 3 is 1.87 bits per heavy atom. The van der Waals surface area contributed by atoms with Crippen LogP contribution in [0.5, 0.6) is 0 Å². The highest BCUT2D eigenvalue weighted by Gasteiger charge is 2.45. The molecule has 0 radical (unpaired) electrons. The molecule has 3 atom stereocenters. The third-order valence-electron chi connectivity index (χ3n) is 5.56. The predicted molar refractivity (Wildman–Crippen MR) is 134 cm³/mol. The van der Waals surface area contributed by atoms with E-state index in [4.69, 9.17) is 39.2 Å². The third kappa shape index (κ3) is 14.8. The number of carboxylic acid groups (broad SMARTS) is 3. The van der Waals surface area contributed by atoms with Gasteiger partial charge in [0.05, 0.1) is 23.4 Å². The van der Waals surface area contributed by atoms with Crippen LogP contribution >= 0.6 is 11.3 Å². The van der Waals surface area contributed by atoms with Crippen molar-refractivity contribution >= 4 is 29.2 Å². The van der Waals surface area contributed by atoms with Crippen LogP contribution in [0.4, 0.5) is 39.5 Å². The average Bonchev–Trinajstić information content (AvgIpc) is 3.50. The SMILES string of the molecule is Cc1nc(CN2C[C@@H](OCc3ccncc3)[C@H]3OCCC[C@H]32)cs1.O=C(O)C(F)(F)F.O=C(O)C(F)(F)F.O=C(O)C(F)(F)F. The minimum Gasteiger partial charge on any atom is -0.475 e. The van der Waals surface area contributed by atoms with Crippen molar-refractivity contribution in [1.29, 1.82) is 0 Å². The molecular formula is C24H26F9N3O8S. The minimum atomic E-state index is -5.08. The molecule has 45 heavy (non-hydrogen) atoms. The second kappa shape index (κ2) is 17.2. The molecule has 0 aliphatic carbocycles. The maximum absolute atomic E-state index is 10.6. The largest absolute Gasteiger partial charge is 0.490 e. The molecule has 11 nitrogen and oxygen atoms in total. The van der Waals surface area contributed by atoms with Crippen LogP contribution in [0.15, 0.2) is 29.9 Å². The summed E-state index contributed by atoms with van der Waals surface area (Å²) in [5.74, 6) is -8.27. The van der Waals surface area contributed by atoms with Crippen LogP contribution in [0.2, 0.25) is 0 Å². The van der Waals surface area contributed by atoms with Crippen molar-refractivity contribution in [1.82, 2.24) is 14.9 Å². The molecule has 2 aromatic heterocycles. The summed E-state index contributed by atoms with van der Waals surface area (Å²) in [6, 6.07) is 4.46. The molecule has 0 saturated carbocycles. The number of fused-ring (bicyclic) bond motifs is 1. The quantitative estimate of drug-likeness (QED) is 0.374. The van der Waals surface area contributed by atoms with Crippen molar-refractivity contribution < 1.29 is 78.7 Å². The number of carboxylic acids is 3. The number of aliphatic carboxylic acids is 3. The van der Waals surface area contributed by atoms with Gasteiger partial charge in [0, 0.05) is 43.5 Å². The third-order valence-corrected chi connectivity index (χ3v) is 6.38. The summed E-state index contributed by atoms with van der Waals surface area (Å²) in [4.78, 5) is 37.9. The van der Waals surface area contributed by atoms with Crippen LogP contribution in [0.1, 0.15) is 29.1 Å². The number of pyridine rings is 1. The smallest absolute Gasteiger partial charge is 0.475 e. The van der Waals surface area contributed by atoms with Gasteiger partial charge in [0.1, 0.15) is 6.10 Å². The van der Waals surface area contributed by atoms with Crippen LogP contribution in [0.25, 0.3) is 0 Å². The van der Waals surface area contributed by atoms with Crippen molar-refractivity contribution in [3.63, 3.8) is 0 Å². The van der Waals surface area contributed by atoms with Gasteiger partial charge in [0.15, 0.2) is 0 Å². The summed E-state index contributed by atoms with van der Waals surface area (Å²) in [5, 5.41) is 24.7. The summed E-state index contributed by atoms with van der Waals surface area (Å²) in [6.07, 6.45) is -9.01. The lowest BCUT2D eigenvalue weighted by Gasteiger charge is -2.32. The zero-order chi connectivity index (χ0) is 34.6. The van der Waals surface area contributed by atoms with Crippen LogP contribution in [0.3, 0.4) is 0 Å². The predicted octanol–water partition coefficient (Wildman–Crippen LogP) is 4.70.